The first-order valence-corrected chi connectivity index (χ1v) is 5.75. The van der Waals surface area contributed by atoms with E-state index in [1.165, 1.54) is 6.20 Å². The number of pyridine rings is 1. The predicted molar refractivity (Wildman–Crippen MR) is 71.7 cm³/mol. The number of rotatable bonds is 2. The Morgan fingerprint density at radius 3 is 2.63 bits per heavy atom. The van der Waals surface area contributed by atoms with Crippen LogP contribution < -0.4 is 5.32 Å². The fourth-order valence-corrected chi connectivity index (χ4v) is 1.74. The summed E-state index contributed by atoms with van der Waals surface area (Å²) < 4.78 is 0. The number of hydrogen-bond donors (Lipinski definition) is 1. The highest BCUT2D eigenvalue weighted by Gasteiger charge is 2.06. The van der Waals surface area contributed by atoms with Gasteiger partial charge in [0.1, 0.15) is 0 Å². The van der Waals surface area contributed by atoms with Crippen molar-refractivity contribution >= 4 is 22.6 Å². The SMILES string of the molecule is O=C(Nc1ccc2nccnc2c1)c1cccnc1. The molecule has 0 aliphatic rings. The van der Waals surface area contributed by atoms with Gasteiger partial charge in [-0.1, -0.05) is 0 Å². The molecule has 19 heavy (non-hydrogen) atoms. The highest BCUT2D eigenvalue weighted by molar-refractivity contribution is 6.04. The molecule has 92 valence electrons. The molecule has 0 bridgehead atoms. The predicted octanol–water partition coefficient (Wildman–Crippen LogP) is 2.28. The van der Waals surface area contributed by atoms with Gasteiger partial charge in [-0.05, 0) is 30.3 Å². The molecule has 0 spiro atoms. The smallest absolute Gasteiger partial charge is 0.257 e. The number of anilines is 1. The summed E-state index contributed by atoms with van der Waals surface area (Å²) in [6.45, 7) is 0. The maximum absolute atomic E-state index is 12.0. The lowest BCUT2D eigenvalue weighted by molar-refractivity contribution is 0.102. The minimum absolute atomic E-state index is 0.198. The Bertz CT molecular complexity index is 728. The van der Waals surface area contributed by atoms with Gasteiger partial charge in [0.05, 0.1) is 16.6 Å². The number of hydrogen-bond acceptors (Lipinski definition) is 4. The van der Waals surface area contributed by atoms with E-state index in [4.69, 9.17) is 0 Å². The minimum Gasteiger partial charge on any atom is -0.322 e. The van der Waals surface area contributed by atoms with E-state index in [0.29, 0.717) is 11.3 Å². The van der Waals surface area contributed by atoms with E-state index < -0.39 is 0 Å². The van der Waals surface area contributed by atoms with Crippen LogP contribution in [0.25, 0.3) is 11.0 Å². The third-order valence-electron chi connectivity index (χ3n) is 2.65. The number of nitrogens with zero attached hydrogens (tertiary/aromatic N) is 3. The summed E-state index contributed by atoms with van der Waals surface area (Å²) in [7, 11) is 0. The molecule has 0 saturated heterocycles. The van der Waals surface area contributed by atoms with E-state index in [0.717, 1.165) is 11.0 Å². The van der Waals surface area contributed by atoms with Crippen LogP contribution in [0.2, 0.25) is 0 Å². The van der Waals surface area contributed by atoms with Crippen LogP contribution in [0.4, 0.5) is 5.69 Å². The van der Waals surface area contributed by atoms with Gasteiger partial charge in [0.25, 0.3) is 5.91 Å². The number of fused-ring (bicyclic) bond motifs is 1. The summed E-state index contributed by atoms with van der Waals surface area (Å²) in [6, 6.07) is 8.84. The van der Waals surface area contributed by atoms with Gasteiger partial charge in [0.15, 0.2) is 0 Å². The Labute approximate surface area is 109 Å². The van der Waals surface area contributed by atoms with Gasteiger partial charge in [-0.15, -0.1) is 0 Å². The van der Waals surface area contributed by atoms with E-state index in [1.807, 2.05) is 6.07 Å². The number of benzene rings is 1. The van der Waals surface area contributed by atoms with Crippen molar-refractivity contribution < 1.29 is 4.79 Å². The maximum atomic E-state index is 12.0. The molecule has 3 rings (SSSR count). The summed E-state index contributed by atoms with van der Waals surface area (Å²) in [5.41, 5.74) is 2.73. The summed E-state index contributed by atoms with van der Waals surface area (Å²) in [5.74, 6) is -0.198. The van der Waals surface area contributed by atoms with Gasteiger partial charge in [-0.25, -0.2) is 0 Å². The number of amides is 1. The topological polar surface area (TPSA) is 67.8 Å². The molecule has 2 aromatic heterocycles. The zero-order valence-corrected chi connectivity index (χ0v) is 9.95. The molecule has 0 fully saturated rings. The normalized spacial score (nSPS) is 10.3. The van der Waals surface area contributed by atoms with Crippen LogP contribution in [-0.2, 0) is 0 Å². The number of nitrogens with one attached hydrogen (secondary N) is 1. The molecular weight excluding hydrogens is 240 g/mol. The number of carbonyl (C=O) groups is 1. The van der Waals surface area contributed by atoms with Crippen molar-refractivity contribution in [3.8, 4) is 0 Å². The zero-order chi connectivity index (χ0) is 13.1. The molecule has 0 aliphatic carbocycles. The summed E-state index contributed by atoms with van der Waals surface area (Å²) in [5, 5.41) is 2.80. The molecule has 0 saturated carbocycles. The van der Waals surface area contributed by atoms with E-state index in [1.54, 1.807) is 42.9 Å². The highest BCUT2D eigenvalue weighted by Crippen LogP contribution is 2.15. The van der Waals surface area contributed by atoms with Crippen LogP contribution in [-0.4, -0.2) is 20.9 Å². The summed E-state index contributed by atoms with van der Waals surface area (Å²) in [6.07, 6.45) is 6.41. The third kappa shape index (κ3) is 2.40. The van der Waals surface area contributed by atoms with Crippen molar-refractivity contribution in [3.63, 3.8) is 0 Å². The van der Waals surface area contributed by atoms with E-state index >= 15 is 0 Å². The Balaban J connectivity index is 1.87. The standard InChI is InChI=1S/C14H10N4O/c19-14(10-2-1-5-15-9-10)18-11-3-4-12-13(8-11)17-7-6-16-12/h1-9H,(H,18,19). The second-order valence-electron chi connectivity index (χ2n) is 3.96. The lowest BCUT2D eigenvalue weighted by Crippen LogP contribution is -2.11. The van der Waals surface area contributed by atoms with Crippen molar-refractivity contribution in [3.05, 3.63) is 60.7 Å². The van der Waals surface area contributed by atoms with E-state index in [9.17, 15) is 4.79 Å². The Morgan fingerprint density at radius 2 is 1.84 bits per heavy atom. The first-order valence-electron chi connectivity index (χ1n) is 5.75. The van der Waals surface area contributed by atoms with Gasteiger partial charge in [0.2, 0.25) is 0 Å². The quantitative estimate of drug-likeness (QED) is 0.757. The van der Waals surface area contributed by atoms with Gasteiger partial charge in [-0.3, -0.25) is 19.7 Å². The van der Waals surface area contributed by atoms with Crippen LogP contribution in [0, 0.1) is 0 Å². The average Bonchev–Trinajstić information content (AvgIpc) is 2.48. The molecule has 2 heterocycles. The Hall–Kier alpha value is -2.82. The zero-order valence-electron chi connectivity index (χ0n) is 9.95. The molecule has 1 amide bonds. The van der Waals surface area contributed by atoms with Gasteiger partial charge >= 0.3 is 0 Å². The van der Waals surface area contributed by atoms with E-state index in [2.05, 4.69) is 20.3 Å². The average molecular weight is 250 g/mol. The van der Waals surface area contributed by atoms with Crippen LogP contribution >= 0.6 is 0 Å². The first kappa shape index (κ1) is 11.3. The number of carbonyl (C=O) groups excluding carboxylic acids is 1. The van der Waals surface area contributed by atoms with Crippen LogP contribution in [0.15, 0.2) is 55.1 Å². The van der Waals surface area contributed by atoms with Gasteiger partial charge in [0, 0.05) is 30.5 Å². The van der Waals surface area contributed by atoms with Crippen molar-refractivity contribution in [2.24, 2.45) is 0 Å². The van der Waals surface area contributed by atoms with Gasteiger partial charge < -0.3 is 5.32 Å². The Morgan fingerprint density at radius 1 is 1.00 bits per heavy atom. The summed E-state index contributed by atoms with van der Waals surface area (Å²) in [4.78, 5) is 24.2. The minimum atomic E-state index is -0.198. The van der Waals surface area contributed by atoms with Crippen LogP contribution in [0.3, 0.4) is 0 Å². The third-order valence-corrected chi connectivity index (χ3v) is 2.65. The molecular formula is C14H10N4O. The monoisotopic (exact) mass is 250 g/mol. The molecule has 3 aromatic rings. The first-order chi connectivity index (χ1) is 9.33. The highest BCUT2D eigenvalue weighted by atomic mass is 16.1. The van der Waals surface area contributed by atoms with Gasteiger partial charge in [-0.2, -0.15) is 0 Å². The van der Waals surface area contributed by atoms with Crippen molar-refractivity contribution in [1.82, 2.24) is 15.0 Å². The molecule has 0 unspecified atom stereocenters. The van der Waals surface area contributed by atoms with Crippen LogP contribution in [0.1, 0.15) is 10.4 Å². The van der Waals surface area contributed by atoms with Crippen LogP contribution in [0.5, 0.6) is 0 Å². The molecule has 1 N–H and O–H groups in total. The molecule has 0 aliphatic heterocycles. The largest absolute Gasteiger partial charge is 0.322 e. The molecule has 5 heteroatoms. The second kappa shape index (κ2) is 4.81. The fourth-order valence-electron chi connectivity index (χ4n) is 1.74. The lowest BCUT2D eigenvalue weighted by Gasteiger charge is -2.05. The summed E-state index contributed by atoms with van der Waals surface area (Å²) >= 11 is 0. The maximum Gasteiger partial charge on any atom is 0.257 e. The van der Waals surface area contributed by atoms with Crippen molar-refractivity contribution in [1.29, 1.82) is 0 Å². The van der Waals surface area contributed by atoms with E-state index in [-0.39, 0.29) is 5.91 Å². The second-order valence-corrected chi connectivity index (χ2v) is 3.96. The van der Waals surface area contributed by atoms with Crippen molar-refractivity contribution in [2.75, 3.05) is 5.32 Å². The Kier molecular flexibility index (Phi) is 2.86. The van der Waals surface area contributed by atoms with Crippen molar-refractivity contribution in [2.45, 2.75) is 0 Å². The fraction of sp³-hybridized carbons (Fsp3) is 0. The molecule has 5 nitrogen and oxygen atoms in total. The molecule has 0 radical (unpaired) electrons. The number of aromatic nitrogens is 3. The molecule has 1 aromatic carbocycles. The molecule has 0 atom stereocenters. The lowest BCUT2D eigenvalue weighted by atomic mass is 10.2.